The van der Waals surface area contributed by atoms with Gasteiger partial charge in [0.1, 0.15) is 0 Å². The van der Waals surface area contributed by atoms with Crippen LogP contribution in [0.3, 0.4) is 0 Å². The van der Waals surface area contributed by atoms with Gasteiger partial charge in [-0.2, -0.15) is 0 Å². The fourth-order valence-electron chi connectivity index (χ4n) is 1.97. The summed E-state index contributed by atoms with van der Waals surface area (Å²) in [6.07, 6.45) is 2.53. The predicted octanol–water partition coefficient (Wildman–Crippen LogP) is 2.97. The minimum Gasteiger partial charge on any atom is -0.481 e. The quantitative estimate of drug-likeness (QED) is 0.908. The third kappa shape index (κ3) is 3.35. The van der Waals surface area contributed by atoms with Crippen molar-refractivity contribution in [1.82, 2.24) is 10.3 Å². The van der Waals surface area contributed by atoms with Gasteiger partial charge in [-0.3, -0.25) is 4.79 Å². The Morgan fingerprint density at radius 3 is 2.55 bits per heavy atom. The summed E-state index contributed by atoms with van der Waals surface area (Å²) < 4.78 is 5.03. The van der Waals surface area contributed by atoms with Gasteiger partial charge in [0.15, 0.2) is 0 Å². The van der Waals surface area contributed by atoms with E-state index in [2.05, 4.69) is 10.3 Å². The maximum atomic E-state index is 12.2. The van der Waals surface area contributed by atoms with Crippen LogP contribution in [0.15, 0.2) is 48.7 Å². The Bertz CT molecular complexity index is 552. The number of benzene rings is 1. The number of carbonyl (C=O) groups is 1. The summed E-state index contributed by atoms with van der Waals surface area (Å²) >= 11 is 0. The fourth-order valence-corrected chi connectivity index (χ4v) is 1.97. The van der Waals surface area contributed by atoms with Gasteiger partial charge in [0.2, 0.25) is 5.88 Å². The van der Waals surface area contributed by atoms with Crippen molar-refractivity contribution in [2.45, 2.75) is 19.4 Å². The Labute approximate surface area is 118 Å². The molecule has 1 amide bonds. The minimum atomic E-state index is -0.0757. The molecule has 104 valence electrons. The van der Waals surface area contributed by atoms with Crippen molar-refractivity contribution in [1.29, 1.82) is 0 Å². The van der Waals surface area contributed by atoms with E-state index in [1.165, 1.54) is 0 Å². The number of nitrogens with one attached hydrogen (secondary N) is 1. The Kier molecular flexibility index (Phi) is 4.71. The molecule has 0 radical (unpaired) electrons. The zero-order valence-corrected chi connectivity index (χ0v) is 11.7. The Morgan fingerprint density at radius 1 is 1.25 bits per heavy atom. The molecule has 0 saturated heterocycles. The van der Waals surface area contributed by atoms with Crippen LogP contribution < -0.4 is 10.1 Å². The first-order valence-corrected chi connectivity index (χ1v) is 6.60. The van der Waals surface area contributed by atoms with Gasteiger partial charge in [-0.15, -0.1) is 0 Å². The lowest BCUT2D eigenvalue weighted by Gasteiger charge is -2.17. The molecule has 0 spiro atoms. The molecule has 1 heterocycles. The van der Waals surface area contributed by atoms with Crippen molar-refractivity contribution < 1.29 is 9.53 Å². The zero-order valence-electron chi connectivity index (χ0n) is 11.7. The van der Waals surface area contributed by atoms with E-state index >= 15 is 0 Å². The summed E-state index contributed by atoms with van der Waals surface area (Å²) in [6, 6.07) is 12.9. The van der Waals surface area contributed by atoms with E-state index in [-0.39, 0.29) is 11.9 Å². The molecular weight excluding hydrogens is 252 g/mol. The van der Waals surface area contributed by atoms with Gasteiger partial charge in [0, 0.05) is 17.8 Å². The fraction of sp³-hybridized carbons (Fsp3) is 0.250. The van der Waals surface area contributed by atoms with Gasteiger partial charge in [-0.05, 0) is 24.1 Å². The summed E-state index contributed by atoms with van der Waals surface area (Å²) in [5, 5.41) is 3.02. The molecule has 4 heteroatoms. The zero-order chi connectivity index (χ0) is 14.4. The SMILES string of the molecule is CC[C@@H](NC(=O)c1ccccc1)c1ccc(OC)nc1. The van der Waals surface area contributed by atoms with Crippen molar-refractivity contribution in [3.63, 3.8) is 0 Å². The van der Waals surface area contributed by atoms with Crippen LogP contribution in [0.1, 0.15) is 35.3 Å². The number of aromatic nitrogens is 1. The van der Waals surface area contributed by atoms with Crippen LogP contribution in [0.5, 0.6) is 5.88 Å². The molecule has 0 bridgehead atoms. The Morgan fingerprint density at radius 2 is 2.00 bits per heavy atom. The number of rotatable bonds is 5. The first kappa shape index (κ1) is 14.1. The molecule has 1 aromatic carbocycles. The maximum absolute atomic E-state index is 12.2. The molecule has 4 nitrogen and oxygen atoms in total. The van der Waals surface area contributed by atoms with Crippen LogP contribution >= 0.6 is 0 Å². The number of nitrogens with zero attached hydrogens (tertiary/aromatic N) is 1. The molecule has 2 rings (SSSR count). The van der Waals surface area contributed by atoms with Gasteiger partial charge >= 0.3 is 0 Å². The van der Waals surface area contributed by atoms with E-state index < -0.39 is 0 Å². The smallest absolute Gasteiger partial charge is 0.251 e. The standard InChI is InChI=1S/C16H18N2O2/c1-3-14(13-9-10-15(20-2)17-11-13)18-16(19)12-7-5-4-6-8-12/h4-11,14H,3H2,1-2H3,(H,18,19)/t14-/m1/s1. The summed E-state index contributed by atoms with van der Waals surface area (Å²) in [6.45, 7) is 2.03. The number of amides is 1. The molecule has 1 N–H and O–H groups in total. The van der Waals surface area contributed by atoms with E-state index in [4.69, 9.17) is 4.74 Å². The molecular formula is C16H18N2O2. The van der Waals surface area contributed by atoms with Gasteiger partial charge in [0.25, 0.3) is 5.91 Å². The van der Waals surface area contributed by atoms with Gasteiger partial charge < -0.3 is 10.1 Å². The highest BCUT2D eigenvalue weighted by Crippen LogP contribution is 2.18. The number of hydrogen-bond donors (Lipinski definition) is 1. The average molecular weight is 270 g/mol. The van der Waals surface area contributed by atoms with Crippen LogP contribution in [-0.2, 0) is 0 Å². The van der Waals surface area contributed by atoms with Gasteiger partial charge in [-0.25, -0.2) is 4.98 Å². The van der Waals surface area contributed by atoms with Crippen molar-refractivity contribution in [2.75, 3.05) is 7.11 Å². The third-order valence-electron chi connectivity index (χ3n) is 3.12. The highest BCUT2D eigenvalue weighted by Gasteiger charge is 2.14. The second-order valence-electron chi connectivity index (χ2n) is 4.43. The molecule has 0 saturated carbocycles. The number of methoxy groups -OCH3 is 1. The monoisotopic (exact) mass is 270 g/mol. The molecule has 0 aliphatic heterocycles. The average Bonchev–Trinajstić information content (AvgIpc) is 2.53. The number of ether oxygens (including phenoxy) is 1. The van der Waals surface area contributed by atoms with Crippen LogP contribution in [-0.4, -0.2) is 18.0 Å². The Balaban J connectivity index is 2.10. The van der Waals surface area contributed by atoms with Crippen molar-refractivity contribution in [2.24, 2.45) is 0 Å². The number of carbonyl (C=O) groups excluding carboxylic acids is 1. The largest absolute Gasteiger partial charge is 0.481 e. The predicted molar refractivity (Wildman–Crippen MR) is 77.7 cm³/mol. The molecule has 0 unspecified atom stereocenters. The first-order chi connectivity index (χ1) is 9.74. The molecule has 1 aromatic heterocycles. The molecule has 1 atom stereocenters. The van der Waals surface area contributed by atoms with Crippen LogP contribution in [0.2, 0.25) is 0 Å². The van der Waals surface area contributed by atoms with Crippen molar-refractivity contribution in [3.05, 3.63) is 59.8 Å². The molecule has 0 aliphatic carbocycles. The highest BCUT2D eigenvalue weighted by molar-refractivity contribution is 5.94. The number of hydrogen-bond acceptors (Lipinski definition) is 3. The maximum Gasteiger partial charge on any atom is 0.251 e. The lowest BCUT2D eigenvalue weighted by molar-refractivity contribution is 0.0935. The van der Waals surface area contributed by atoms with E-state index in [1.54, 1.807) is 31.5 Å². The van der Waals surface area contributed by atoms with Crippen molar-refractivity contribution in [3.8, 4) is 5.88 Å². The molecule has 0 aliphatic rings. The number of pyridine rings is 1. The lowest BCUT2D eigenvalue weighted by atomic mass is 10.1. The first-order valence-electron chi connectivity index (χ1n) is 6.60. The highest BCUT2D eigenvalue weighted by atomic mass is 16.5. The normalized spacial score (nSPS) is 11.7. The van der Waals surface area contributed by atoms with E-state index in [0.29, 0.717) is 11.4 Å². The Hall–Kier alpha value is -2.36. The van der Waals surface area contributed by atoms with Crippen LogP contribution in [0.4, 0.5) is 0 Å². The minimum absolute atomic E-state index is 0.0545. The summed E-state index contributed by atoms with van der Waals surface area (Å²) in [7, 11) is 1.58. The summed E-state index contributed by atoms with van der Waals surface area (Å²) in [5.41, 5.74) is 1.63. The van der Waals surface area contributed by atoms with E-state index in [9.17, 15) is 4.79 Å². The van der Waals surface area contributed by atoms with Crippen LogP contribution in [0.25, 0.3) is 0 Å². The van der Waals surface area contributed by atoms with Gasteiger partial charge in [0.05, 0.1) is 13.2 Å². The van der Waals surface area contributed by atoms with Crippen molar-refractivity contribution >= 4 is 5.91 Å². The van der Waals surface area contributed by atoms with Gasteiger partial charge in [-0.1, -0.05) is 31.2 Å². The molecule has 0 fully saturated rings. The summed E-state index contributed by atoms with van der Waals surface area (Å²) in [5.74, 6) is 0.492. The molecule has 2 aromatic rings. The summed E-state index contributed by atoms with van der Waals surface area (Å²) in [4.78, 5) is 16.3. The second kappa shape index (κ2) is 6.70. The topological polar surface area (TPSA) is 51.2 Å². The lowest BCUT2D eigenvalue weighted by Crippen LogP contribution is -2.28. The van der Waals surface area contributed by atoms with E-state index in [1.807, 2.05) is 31.2 Å². The molecule has 20 heavy (non-hydrogen) atoms. The van der Waals surface area contributed by atoms with E-state index in [0.717, 1.165) is 12.0 Å². The third-order valence-corrected chi connectivity index (χ3v) is 3.12. The second-order valence-corrected chi connectivity index (χ2v) is 4.43. The van der Waals surface area contributed by atoms with Crippen LogP contribution in [0, 0.1) is 0 Å².